The first-order valence-electron chi connectivity index (χ1n) is 7.08. The Kier molecular flexibility index (Phi) is 5.53. The summed E-state index contributed by atoms with van der Waals surface area (Å²) in [5.41, 5.74) is 0.406. The van der Waals surface area contributed by atoms with Crippen LogP contribution in [0.4, 0.5) is 21.6 Å². The molecule has 0 amide bonds. The van der Waals surface area contributed by atoms with E-state index in [1.807, 2.05) is 22.6 Å². The summed E-state index contributed by atoms with van der Waals surface area (Å²) in [6.07, 6.45) is 0. The quantitative estimate of drug-likeness (QED) is 0.666. The number of hydrogen-bond donors (Lipinski definition) is 2. The summed E-state index contributed by atoms with van der Waals surface area (Å²) < 4.78 is 42.3. The van der Waals surface area contributed by atoms with Gasteiger partial charge in [-0.3, -0.25) is 14.1 Å². The number of nitrogens with one attached hydrogen (secondary N) is 2. The van der Waals surface area contributed by atoms with Crippen molar-refractivity contribution >= 4 is 49.8 Å². The van der Waals surface area contributed by atoms with E-state index in [-0.39, 0.29) is 28.5 Å². The van der Waals surface area contributed by atoms with E-state index in [9.17, 15) is 17.6 Å². The molecular weight excluding hydrogens is 448 g/mol. The van der Waals surface area contributed by atoms with Crippen molar-refractivity contribution in [3.05, 3.63) is 49.6 Å². The summed E-state index contributed by atoms with van der Waals surface area (Å²) in [7, 11) is -2.06. The zero-order valence-corrected chi connectivity index (χ0v) is 16.3. The maximum Gasteiger partial charge on any atom is 0.254 e. The second-order valence-electron chi connectivity index (χ2n) is 5.21. The van der Waals surface area contributed by atoms with Crippen molar-refractivity contribution in [2.75, 3.05) is 15.8 Å². The summed E-state index contributed by atoms with van der Waals surface area (Å²) in [6, 6.07) is 6.00. The molecule has 6 nitrogen and oxygen atoms in total. The average molecular weight is 465 g/mol. The van der Waals surface area contributed by atoms with Gasteiger partial charge in [0.05, 0.1) is 17.1 Å². The van der Waals surface area contributed by atoms with Gasteiger partial charge in [0.25, 0.3) is 5.56 Å². The Morgan fingerprint density at radius 1 is 1.25 bits per heavy atom. The topological polar surface area (TPSA) is 80.2 Å². The van der Waals surface area contributed by atoms with Crippen LogP contribution in [0.2, 0.25) is 0 Å². The lowest BCUT2D eigenvalue weighted by atomic mass is 10.2. The highest BCUT2D eigenvalue weighted by molar-refractivity contribution is 14.1. The number of aryl methyl sites for hydroxylation is 1. The molecule has 0 aliphatic heterocycles. The van der Waals surface area contributed by atoms with Crippen molar-refractivity contribution in [1.29, 1.82) is 0 Å². The summed E-state index contributed by atoms with van der Waals surface area (Å²) in [6.45, 7) is 3.09. The molecular formula is C15H17FIN3O3S. The molecule has 0 aliphatic rings. The van der Waals surface area contributed by atoms with Crippen LogP contribution in [-0.4, -0.2) is 18.7 Å². The molecule has 0 atom stereocenters. The SMILES string of the molecule is CCS(=O)(=O)Nc1cc(C)c(=O)n(C)c1Nc1ccc(I)cc1F. The van der Waals surface area contributed by atoms with Crippen LogP contribution in [0.3, 0.4) is 0 Å². The highest BCUT2D eigenvalue weighted by Crippen LogP contribution is 2.27. The summed E-state index contributed by atoms with van der Waals surface area (Å²) in [4.78, 5) is 12.2. The van der Waals surface area contributed by atoms with E-state index in [1.165, 1.54) is 36.7 Å². The number of anilines is 3. The van der Waals surface area contributed by atoms with Gasteiger partial charge in [-0.15, -0.1) is 0 Å². The molecule has 0 saturated heterocycles. The van der Waals surface area contributed by atoms with E-state index in [2.05, 4.69) is 10.0 Å². The maximum atomic E-state index is 14.1. The van der Waals surface area contributed by atoms with Crippen molar-refractivity contribution in [3.63, 3.8) is 0 Å². The van der Waals surface area contributed by atoms with Gasteiger partial charge in [-0.2, -0.15) is 0 Å². The molecule has 9 heteroatoms. The molecule has 0 aliphatic carbocycles. The fourth-order valence-electron chi connectivity index (χ4n) is 2.08. The Hall–Kier alpha value is -1.62. The first kappa shape index (κ1) is 18.7. The second kappa shape index (κ2) is 7.09. The maximum absolute atomic E-state index is 14.1. The summed E-state index contributed by atoms with van der Waals surface area (Å²) >= 11 is 1.98. The van der Waals surface area contributed by atoms with Crippen molar-refractivity contribution in [1.82, 2.24) is 4.57 Å². The predicted molar refractivity (Wildman–Crippen MR) is 102 cm³/mol. The predicted octanol–water partition coefficient (Wildman–Crippen LogP) is 2.94. The number of halogens is 2. The number of rotatable bonds is 5. The van der Waals surface area contributed by atoms with Crippen LogP contribution in [0, 0.1) is 16.3 Å². The Morgan fingerprint density at radius 3 is 2.50 bits per heavy atom. The van der Waals surface area contributed by atoms with Gasteiger partial charge in [0.1, 0.15) is 11.6 Å². The standard InChI is InChI=1S/C15H17FIN3O3S/c1-4-24(22,23)19-13-7-9(2)15(21)20(3)14(13)18-12-6-5-10(17)8-11(12)16/h5-8,18-19H,4H2,1-3H3. The van der Waals surface area contributed by atoms with Crippen LogP contribution in [0.5, 0.6) is 0 Å². The lowest BCUT2D eigenvalue weighted by Crippen LogP contribution is -2.25. The van der Waals surface area contributed by atoms with Crippen LogP contribution in [0.25, 0.3) is 0 Å². The van der Waals surface area contributed by atoms with Gasteiger partial charge in [0.2, 0.25) is 10.0 Å². The van der Waals surface area contributed by atoms with E-state index in [0.717, 1.165) is 3.57 Å². The molecule has 0 bridgehead atoms. The molecule has 130 valence electrons. The van der Waals surface area contributed by atoms with Gasteiger partial charge < -0.3 is 5.32 Å². The van der Waals surface area contributed by atoms with Crippen LogP contribution in [-0.2, 0) is 17.1 Å². The minimum atomic E-state index is -3.55. The van der Waals surface area contributed by atoms with Gasteiger partial charge in [-0.25, -0.2) is 12.8 Å². The number of sulfonamides is 1. The van der Waals surface area contributed by atoms with E-state index in [4.69, 9.17) is 0 Å². The highest BCUT2D eigenvalue weighted by Gasteiger charge is 2.16. The lowest BCUT2D eigenvalue weighted by molar-refractivity contribution is 0.602. The second-order valence-corrected chi connectivity index (χ2v) is 8.47. The number of hydrogen-bond acceptors (Lipinski definition) is 4. The monoisotopic (exact) mass is 465 g/mol. The molecule has 2 rings (SSSR count). The third-order valence-corrected chi connectivity index (χ3v) is 5.39. The fraction of sp³-hybridized carbons (Fsp3) is 0.267. The van der Waals surface area contributed by atoms with Crippen LogP contribution >= 0.6 is 22.6 Å². The largest absolute Gasteiger partial charge is 0.337 e. The van der Waals surface area contributed by atoms with E-state index in [0.29, 0.717) is 5.56 Å². The Morgan fingerprint density at radius 2 is 1.92 bits per heavy atom. The number of nitrogens with zero attached hydrogens (tertiary/aromatic N) is 1. The van der Waals surface area contributed by atoms with Crippen molar-refractivity contribution in [2.45, 2.75) is 13.8 Å². The molecule has 0 fully saturated rings. The molecule has 0 saturated carbocycles. The van der Waals surface area contributed by atoms with Gasteiger partial charge in [0, 0.05) is 16.2 Å². The average Bonchev–Trinajstić information content (AvgIpc) is 2.50. The molecule has 0 radical (unpaired) electrons. The lowest BCUT2D eigenvalue weighted by Gasteiger charge is -2.18. The number of benzene rings is 1. The summed E-state index contributed by atoms with van der Waals surface area (Å²) in [5, 5.41) is 2.81. The zero-order chi connectivity index (χ0) is 18.1. The molecule has 2 aromatic rings. The number of pyridine rings is 1. The molecule has 24 heavy (non-hydrogen) atoms. The minimum Gasteiger partial charge on any atom is -0.337 e. The third-order valence-electron chi connectivity index (χ3n) is 3.42. The van der Waals surface area contributed by atoms with Gasteiger partial charge in [-0.05, 0) is 60.7 Å². The minimum absolute atomic E-state index is 0.119. The normalized spacial score (nSPS) is 11.4. The van der Waals surface area contributed by atoms with Crippen molar-refractivity contribution < 1.29 is 12.8 Å². The van der Waals surface area contributed by atoms with Crippen LogP contribution < -0.4 is 15.6 Å². The van der Waals surface area contributed by atoms with Gasteiger partial charge >= 0.3 is 0 Å². The Labute approximate surface area is 153 Å². The van der Waals surface area contributed by atoms with Crippen molar-refractivity contribution in [3.8, 4) is 0 Å². The van der Waals surface area contributed by atoms with Crippen molar-refractivity contribution in [2.24, 2.45) is 7.05 Å². The zero-order valence-electron chi connectivity index (χ0n) is 13.4. The van der Waals surface area contributed by atoms with Gasteiger partial charge in [-0.1, -0.05) is 0 Å². The Balaban J connectivity index is 2.58. The first-order chi connectivity index (χ1) is 11.1. The summed E-state index contributed by atoms with van der Waals surface area (Å²) in [5.74, 6) is -0.450. The van der Waals surface area contributed by atoms with Gasteiger partial charge in [0.15, 0.2) is 0 Å². The molecule has 1 heterocycles. The third kappa shape index (κ3) is 4.07. The highest BCUT2D eigenvalue weighted by atomic mass is 127. The molecule has 0 unspecified atom stereocenters. The fourth-order valence-corrected chi connectivity index (χ4v) is 3.17. The number of aromatic nitrogens is 1. The molecule has 1 aromatic carbocycles. The Bertz CT molecular complexity index is 942. The molecule has 2 N–H and O–H groups in total. The van der Waals surface area contributed by atoms with E-state index >= 15 is 0 Å². The van der Waals surface area contributed by atoms with E-state index < -0.39 is 15.8 Å². The first-order valence-corrected chi connectivity index (χ1v) is 9.81. The smallest absolute Gasteiger partial charge is 0.254 e. The van der Waals surface area contributed by atoms with Crippen LogP contribution in [0.1, 0.15) is 12.5 Å². The molecule has 1 aromatic heterocycles. The van der Waals surface area contributed by atoms with E-state index in [1.54, 1.807) is 13.0 Å². The van der Waals surface area contributed by atoms with Crippen LogP contribution in [0.15, 0.2) is 29.1 Å². The molecule has 0 spiro atoms.